The third-order valence-electron chi connectivity index (χ3n) is 4.33. The van der Waals surface area contributed by atoms with Gasteiger partial charge in [-0.3, -0.25) is 4.79 Å². The number of carbonyl (C=O) groups excluding carboxylic acids is 1. The van der Waals surface area contributed by atoms with Crippen LogP contribution in [-0.4, -0.2) is 21.6 Å². The standard InChI is InChI=1S/C20H20N2O3S/c1-4-15(19(24)25)22-16-7-5-6-13(3)17(16)26-20(22)21-18(23)14-10-8-12(2)9-11-14/h5-11,15H,4H2,1-3H3,(H,24,25). The van der Waals surface area contributed by atoms with Crippen LogP contribution >= 0.6 is 11.3 Å². The van der Waals surface area contributed by atoms with Gasteiger partial charge in [0.15, 0.2) is 4.80 Å². The Morgan fingerprint density at radius 2 is 1.85 bits per heavy atom. The second kappa shape index (κ2) is 7.25. The molecule has 26 heavy (non-hydrogen) atoms. The van der Waals surface area contributed by atoms with Crippen molar-refractivity contribution in [3.63, 3.8) is 0 Å². The zero-order chi connectivity index (χ0) is 18.8. The summed E-state index contributed by atoms with van der Waals surface area (Å²) >= 11 is 1.35. The van der Waals surface area contributed by atoms with Gasteiger partial charge in [0.1, 0.15) is 6.04 Å². The molecule has 0 aliphatic heterocycles. The van der Waals surface area contributed by atoms with Crippen LogP contribution in [0, 0.1) is 13.8 Å². The number of carboxylic acid groups (broad SMARTS) is 1. The number of nitrogens with zero attached hydrogens (tertiary/aromatic N) is 2. The van der Waals surface area contributed by atoms with Crippen LogP contribution in [0.15, 0.2) is 47.5 Å². The molecule has 134 valence electrons. The molecule has 1 atom stereocenters. The average molecular weight is 368 g/mol. The number of rotatable bonds is 4. The SMILES string of the molecule is CCC(C(=O)O)n1c(=NC(=O)c2ccc(C)cc2)sc2c(C)cccc21. The number of carboxylic acids is 1. The number of hydrogen-bond acceptors (Lipinski definition) is 3. The van der Waals surface area contributed by atoms with E-state index in [2.05, 4.69) is 4.99 Å². The number of aliphatic carboxylic acids is 1. The van der Waals surface area contributed by atoms with E-state index >= 15 is 0 Å². The quantitative estimate of drug-likeness (QED) is 0.754. The molecule has 3 aromatic rings. The van der Waals surface area contributed by atoms with E-state index in [1.165, 1.54) is 11.3 Å². The maximum Gasteiger partial charge on any atom is 0.326 e. The highest BCUT2D eigenvalue weighted by atomic mass is 32.1. The fourth-order valence-corrected chi connectivity index (χ4v) is 4.03. The second-order valence-corrected chi connectivity index (χ2v) is 7.20. The molecule has 0 aliphatic carbocycles. The minimum Gasteiger partial charge on any atom is -0.480 e. The number of aromatic nitrogens is 1. The monoisotopic (exact) mass is 368 g/mol. The molecule has 0 bridgehead atoms. The van der Waals surface area contributed by atoms with E-state index in [1.807, 2.05) is 51.1 Å². The summed E-state index contributed by atoms with van der Waals surface area (Å²) < 4.78 is 2.61. The van der Waals surface area contributed by atoms with E-state index in [-0.39, 0.29) is 5.91 Å². The number of benzene rings is 2. The fraction of sp³-hybridized carbons (Fsp3) is 0.250. The van der Waals surface area contributed by atoms with Crippen molar-refractivity contribution in [2.45, 2.75) is 33.2 Å². The molecule has 0 aliphatic rings. The molecule has 1 amide bonds. The summed E-state index contributed by atoms with van der Waals surface area (Å²) in [4.78, 5) is 29.0. The lowest BCUT2D eigenvalue weighted by molar-refractivity contribution is -0.140. The molecule has 5 nitrogen and oxygen atoms in total. The van der Waals surface area contributed by atoms with Crippen LogP contribution in [0.4, 0.5) is 0 Å². The normalized spacial score (nSPS) is 13.1. The number of thiazole rings is 1. The molecular formula is C20H20N2O3S. The molecule has 0 radical (unpaired) electrons. The van der Waals surface area contributed by atoms with Crippen molar-refractivity contribution >= 4 is 33.4 Å². The van der Waals surface area contributed by atoms with E-state index in [4.69, 9.17) is 0 Å². The van der Waals surface area contributed by atoms with Crippen molar-refractivity contribution in [3.8, 4) is 0 Å². The van der Waals surface area contributed by atoms with Gasteiger partial charge in [-0.05, 0) is 44.0 Å². The molecule has 0 spiro atoms. The van der Waals surface area contributed by atoms with Gasteiger partial charge in [0.2, 0.25) is 0 Å². The van der Waals surface area contributed by atoms with E-state index in [9.17, 15) is 14.7 Å². The van der Waals surface area contributed by atoms with Crippen molar-refractivity contribution in [2.75, 3.05) is 0 Å². The lowest BCUT2D eigenvalue weighted by atomic mass is 10.1. The van der Waals surface area contributed by atoms with E-state index in [0.29, 0.717) is 16.8 Å². The molecule has 0 saturated heterocycles. The average Bonchev–Trinajstić information content (AvgIpc) is 2.95. The highest BCUT2D eigenvalue weighted by Crippen LogP contribution is 2.25. The molecule has 2 aromatic carbocycles. The van der Waals surface area contributed by atoms with Gasteiger partial charge in [0, 0.05) is 5.56 Å². The van der Waals surface area contributed by atoms with Gasteiger partial charge < -0.3 is 9.67 Å². The summed E-state index contributed by atoms with van der Waals surface area (Å²) in [5.74, 6) is -1.30. The largest absolute Gasteiger partial charge is 0.480 e. The summed E-state index contributed by atoms with van der Waals surface area (Å²) in [5.41, 5.74) is 3.37. The summed E-state index contributed by atoms with van der Waals surface area (Å²) in [5, 5.41) is 9.64. The van der Waals surface area contributed by atoms with Gasteiger partial charge in [-0.25, -0.2) is 4.79 Å². The van der Waals surface area contributed by atoms with E-state index in [1.54, 1.807) is 16.7 Å². The first kappa shape index (κ1) is 18.1. The van der Waals surface area contributed by atoms with E-state index < -0.39 is 12.0 Å². The molecule has 1 aromatic heterocycles. The van der Waals surface area contributed by atoms with Crippen molar-refractivity contribution in [1.82, 2.24) is 4.57 Å². The molecule has 1 heterocycles. The summed E-state index contributed by atoms with van der Waals surface area (Å²) in [6, 6.07) is 12.2. The van der Waals surface area contributed by atoms with Crippen LogP contribution in [0.5, 0.6) is 0 Å². The Bertz CT molecular complexity index is 1050. The Hall–Kier alpha value is -2.73. The summed E-state index contributed by atoms with van der Waals surface area (Å²) in [6.07, 6.45) is 0.404. The van der Waals surface area contributed by atoms with Crippen molar-refractivity contribution in [3.05, 3.63) is 64.0 Å². The zero-order valence-corrected chi connectivity index (χ0v) is 15.7. The third kappa shape index (κ3) is 3.32. The maximum atomic E-state index is 12.6. The number of aryl methyl sites for hydroxylation is 2. The minimum atomic E-state index is -0.932. The predicted octanol–water partition coefficient (Wildman–Crippen LogP) is 4.10. The lowest BCUT2D eigenvalue weighted by Gasteiger charge is -2.13. The Kier molecular flexibility index (Phi) is 5.04. The Labute approximate surface area is 155 Å². The zero-order valence-electron chi connectivity index (χ0n) is 14.9. The number of hydrogen-bond donors (Lipinski definition) is 1. The molecule has 0 saturated carbocycles. The lowest BCUT2D eigenvalue weighted by Crippen LogP contribution is -2.27. The van der Waals surface area contributed by atoms with Gasteiger partial charge in [-0.15, -0.1) is 0 Å². The molecule has 6 heteroatoms. The summed E-state index contributed by atoms with van der Waals surface area (Å²) in [6.45, 7) is 5.74. The van der Waals surface area contributed by atoms with Gasteiger partial charge in [-0.2, -0.15) is 4.99 Å². The van der Waals surface area contributed by atoms with E-state index in [0.717, 1.165) is 21.3 Å². The minimum absolute atomic E-state index is 0.372. The number of fused-ring (bicyclic) bond motifs is 1. The highest BCUT2D eigenvalue weighted by Gasteiger charge is 2.22. The molecular weight excluding hydrogens is 348 g/mol. The van der Waals surface area contributed by atoms with Crippen molar-refractivity contribution in [1.29, 1.82) is 0 Å². The van der Waals surface area contributed by atoms with Crippen LogP contribution in [-0.2, 0) is 4.79 Å². The summed E-state index contributed by atoms with van der Waals surface area (Å²) in [7, 11) is 0. The first-order valence-electron chi connectivity index (χ1n) is 8.41. The Morgan fingerprint density at radius 1 is 1.15 bits per heavy atom. The number of carbonyl (C=O) groups is 2. The molecule has 0 fully saturated rings. The van der Waals surface area contributed by atoms with Crippen LogP contribution < -0.4 is 4.80 Å². The topological polar surface area (TPSA) is 71.7 Å². The van der Waals surface area contributed by atoms with Gasteiger partial charge in [0.05, 0.1) is 10.2 Å². The first-order chi connectivity index (χ1) is 12.4. The van der Waals surface area contributed by atoms with Gasteiger partial charge in [-0.1, -0.05) is 48.1 Å². The predicted molar refractivity (Wildman–Crippen MR) is 103 cm³/mol. The smallest absolute Gasteiger partial charge is 0.326 e. The van der Waals surface area contributed by atoms with Crippen LogP contribution in [0.2, 0.25) is 0 Å². The van der Waals surface area contributed by atoms with Crippen molar-refractivity contribution < 1.29 is 14.7 Å². The first-order valence-corrected chi connectivity index (χ1v) is 9.23. The van der Waals surface area contributed by atoms with Gasteiger partial charge >= 0.3 is 5.97 Å². The van der Waals surface area contributed by atoms with Crippen molar-refractivity contribution in [2.24, 2.45) is 4.99 Å². The second-order valence-electron chi connectivity index (χ2n) is 6.22. The van der Waals surface area contributed by atoms with Crippen LogP contribution in [0.3, 0.4) is 0 Å². The van der Waals surface area contributed by atoms with Crippen LogP contribution in [0.1, 0.15) is 40.9 Å². The molecule has 3 rings (SSSR count). The number of amides is 1. The highest BCUT2D eigenvalue weighted by molar-refractivity contribution is 7.16. The molecule has 1 unspecified atom stereocenters. The van der Waals surface area contributed by atoms with Gasteiger partial charge in [0.25, 0.3) is 5.91 Å². The Balaban J connectivity index is 2.24. The maximum absolute atomic E-state index is 12.6. The fourth-order valence-electron chi connectivity index (χ4n) is 2.90. The third-order valence-corrected chi connectivity index (χ3v) is 5.54. The Morgan fingerprint density at radius 3 is 2.46 bits per heavy atom. The molecule has 1 N–H and O–H groups in total. The van der Waals surface area contributed by atoms with Crippen LogP contribution in [0.25, 0.3) is 10.2 Å².